The second-order valence-corrected chi connectivity index (χ2v) is 5.59. The van der Waals surface area contributed by atoms with E-state index in [-0.39, 0.29) is 10.6 Å². The van der Waals surface area contributed by atoms with E-state index in [1.54, 1.807) is 11.8 Å². The number of aromatic amines is 1. The monoisotopic (exact) mass is 240 g/mol. The molecule has 3 rings (SSSR count). The lowest BCUT2D eigenvalue weighted by Crippen LogP contribution is -2.36. The van der Waals surface area contributed by atoms with Crippen molar-refractivity contribution in [3.63, 3.8) is 0 Å². The molecule has 86 valence electrons. The molecular formula is C10H12N2O3S. The van der Waals surface area contributed by atoms with E-state index in [2.05, 4.69) is 4.98 Å². The van der Waals surface area contributed by atoms with Gasteiger partial charge in [0.05, 0.1) is 10.6 Å². The second-order valence-electron chi connectivity index (χ2n) is 4.34. The van der Waals surface area contributed by atoms with Gasteiger partial charge in [-0.2, -0.15) is 0 Å². The molecule has 16 heavy (non-hydrogen) atoms. The first kappa shape index (κ1) is 10.0. The van der Waals surface area contributed by atoms with E-state index in [0.29, 0.717) is 15.8 Å². The first-order valence-electron chi connectivity index (χ1n) is 5.43. The largest absolute Gasteiger partial charge is 0.421 e. The molecule has 0 spiro atoms. The maximum Gasteiger partial charge on any atom is 0.362 e. The molecule has 5 nitrogen and oxygen atoms in total. The van der Waals surface area contributed by atoms with Gasteiger partial charge in [-0.15, -0.1) is 11.8 Å². The Morgan fingerprint density at radius 1 is 1.31 bits per heavy atom. The lowest BCUT2D eigenvalue weighted by atomic mass is 9.85. The van der Waals surface area contributed by atoms with Crippen molar-refractivity contribution in [2.24, 2.45) is 0 Å². The van der Waals surface area contributed by atoms with Gasteiger partial charge in [0.2, 0.25) is 0 Å². The van der Waals surface area contributed by atoms with Gasteiger partial charge in [-0.05, 0) is 12.8 Å². The number of nitrogens with zero attached hydrogens (tertiary/aromatic N) is 1. The zero-order chi connectivity index (χ0) is 11.3. The summed E-state index contributed by atoms with van der Waals surface area (Å²) < 4.78 is 0.191. The first-order valence-corrected chi connectivity index (χ1v) is 6.31. The number of H-pyrrole nitrogens is 1. The molecule has 0 bridgehead atoms. The van der Waals surface area contributed by atoms with Gasteiger partial charge in [0.1, 0.15) is 0 Å². The smallest absolute Gasteiger partial charge is 0.362 e. The Morgan fingerprint density at radius 2 is 2.06 bits per heavy atom. The van der Waals surface area contributed by atoms with Crippen LogP contribution in [0.5, 0.6) is 0 Å². The number of rotatable bonds is 0. The van der Waals surface area contributed by atoms with Crippen molar-refractivity contribution in [3.8, 4) is 0 Å². The Morgan fingerprint density at radius 3 is 2.88 bits per heavy atom. The van der Waals surface area contributed by atoms with Gasteiger partial charge in [-0.25, -0.2) is 4.79 Å². The van der Waals surface area contributed by atoms with Crippen LogP contribution < -0.4 is 11.2 Å². The maximum atomic E-state index is 11.8. The number of aromatic nitrogens is 2. The minimum Gasteiger partial charge on any atom is -0.421 e. The summed E-state index contributed by atoms with van der Waals surface area (Å²) in [6.45, 7) is 0. The Hall–Kier alpha value is -1.17. The highest BCUT2D eigenvalue weighted by Gasteiger charge is 2.38. The van der Waals surface area contributed by atoms with Crippen molar-refractivity contribution in [3.05, 3.63) is 26.4 Å². The van der Waals surface area contributed by atoms with E-state index in [1.807, 2.05) is 0 Å². The van der Waals surface area contributed by atoms with Gasteiger partial charge in [-0.1, -0.05) is 17.6 Å². The highest BCUT2D eigenvalue weighted by Crippen LogP contribution is 2.49. The van der Waals surface area contributed by atoms with Crippen molar-refractivity contribution < 1.29 is 5.21 Å². The van der Waals surface area contributed by atoms with Crippen LogP contribution in [0.1, 0.15) is 37.2 Å². The van der Waals surface area contributed by atoms with Gasteiger partial charge in [0.15, 0.2) is 0 Å². The van der Waals surface area contributed by atoms with Crippen LogP contribution >= 0.6 is 11.8 Å². The van der Waals surface area contributed by atoms with Crippen LogP contribution in [0, 0.1) is 0 Å². The fourth-order valence-corrected chi connectivity index (χ4v) is 4.20. The first-order chi connectivity index (χ1) is 7.68. The molecule has 1 saturated carbocycles. The number of thioether (sulfide) groups is 1. The highest BCUT2D eigenvalue weighted by atomic mass is 32.2. The number of hydrogen-bond donors (Lipinski definition) is 2. The second kappa shape index (κ2) is 3.41. The van der Waals surface area contributed by atoms with E-state index < -0.39 is 11.2 Å². The molecule has 0 saturated heterocycles. The Bertz CT molecular complexity index is 548. The molecule has 1 aliphatic heterocycles. The summed E-state index contributed by atoms with van der Waals surface area (Å²) in [7, 11) is 0. The van der Waals surface area contributed by atoms with Gasteiger partial charge in [0.25, 0.3) is 5.56 Å². The lowest BCUT2D eigenvalue weighted by molar-refractivity contribution is 0.156. The third-order valence-electron chi connectivity index (χ3n) is 3.42. The molecule has 2 unspecified atom stereocenters. The van der Waals surface area contributed by atoms with Gasteiger partial charge in [0, 0.05) is 11.2 Å². The van der Waals surface area contributed by atoms with Crippen LogP contribution in [0.15, 0.2) is 14.6 Å². The summed E-state index contributed by atoms with van der Waals surface area (Å²) >= 11 is 1.58. The highest BCUT2D eigenvalue weighted by molar-refractivity contribution is 8.00. The quantitative estimate of drug-likeness (QED) is 0.522. The third kappa shape index (κ3) is 1.25. The average molecular weight is 240 g/mol. The molecule has 1 fully saturated rings. The molecule has 2 heterocycles. The van der Waals surface area contributed by atoms with E-state index in [4.69, 9.17) is 0 Å². The predicted molar refractivity (Wildman–Crippen MR) is 59.4 cm³/mol. The van der Waals surface area contributed by atoms with E-state index in [9.17, 15) is 14.8 Å². The van der Waals surface area contributed by atoms with Crippen LogP contribution in [0.2, 0.25) is 0 Å². The summed E-state index contributed by atoms with van der Waals surface area (Å²) in [5.74, 6) is 0.205. The molecule has 1 aromatic rings. The normalized spacial score (nSPS) is 27.5. The summed E-state index contributed by atoms with van der Waals surface area (Å²) in [6.07, 6.45) is 4.35. The molecule has 2 aliphatic rings. The Balaban J connectivity index is 2.20. The van der Waals surface area contributed by atoms with Gasteiger partial charge < -0.3 is 5.21 Å². The van der Waals surface area contributed by atoms with Crippen molar-refractivity contribution in [1.82, 2.24) is 9.71 Å². The summed E-state index contributed by atoms with van der Waals surface area (Å²) in [5, 5.41) is 10.4. The molecule has 2 N–H and O–H groups in total. The van der Waals surface area contributed by atoms with E-state index in [0.717, 1.165) is 19.3 Å². The van der Waals surface area contributed by atoms with Crippen LogP contribution in [0.3, 0.4) is 0 Å². The zero-order valence-electron chi connectivity index (χ0n) is 8.60. The fraction of sp³-hybridized carbons (Fsp3) is 0.600. The molecule has 0 amide bonds. The zero-order valence-corrected chi connectivity index (χ0v) is 9.42. The summed E-state index contributed by atoms with van der Waals surface area (Å²) in [5.41, 5.74) is -0.674. The SMILES string of the molecule is O=c1[nH]c2c(c(=O)n1O)C1CCCCC1S2. The van der Waals surface area contributed by atoms with Gasteiger partial charge >= 0.3 is 5.69 Å². The molecule has 1 aliphatic carbocycles. The number of hydrogen-bond acceptors (Lipinski definition) is 4. The Labute approximate surface area is 95.5 Å². The molecule has 0 radical (unpaired) electrons. The van der Waals surface area contributed by atoms with Gasteiger partial charge in [-0.3, -0.25) is 9.78 Å². The van der Waals surface area contributed by atoms with Crippen molar-refractivity contribution in [2.45, 2.75) is 41.9 Å². The minimum atomic E-state index is -0.741. The molecular weight excluding hydrogens is 228 g/mol. The Kier molecular flexibility index (Phi) is 2.14. The van der Waals surface area contributed by atoms with Crippen molar-refractivity contribution in [1.29, 1.82) is 0 Å². The van der Waals surface area contributed by atoms with Crippen LogP contribution in [0.4, 0.5) is 0 Å². The maximum absolute atomic E-state index is 11.8. The molecule has 1 aromatic heterocycles. The number of fused-ring (bicyclic) bond motifs is 3. The number of nitrogens with one attached hydrogen (secondary N) is 1. The average Bonchev–Trinajstić information content (AvgIpc) is 2.64. The summed E-state index contributed by atoms with van der Waals surface area (Å²) in [6, 6.07) is 0. The molecule has 0 aromatic carbocycles. The van der Waals surface area contributed by atoms with Crippen LogP contribution in [-0.2, 0) is 0 Å². The predicted octanol–water partition coefficient (Wildman–Crippen LogP) is 0.906. The topological polar surface area (TPSA) is 75.1 Å². The fourth-order valence-electron chi connectivity index (χ4n) is 2.66. The minimum absolute atomic E-state index is 0.191. The standard InChI is InChI=1S/C10H12N2O3S/c13-9-7-5-3-1-2-4-6(5)16-8(7)11-10(14)12(9)15/h5-6,15H,1-4H2,(H,11,14). The van der Waals surface area contributed by atoms with Crippen LogP contribution in [-0.4, -0.2) is 20.2 Å². The molecule has 2 atom stereocenters. The van der Waals surface area contributed by atoms with Crippen molar-refractivity contribution in [2.75, 3.05) is 0 Å². The lowest BCUT2D eigenvalue weighted by Gasteiger charge is -2.23. The van der Waals surface area contributed by atoms with Crippen molar-refractivity contribution >= 4 is 11.8 Å². The van der Waals surface area contributed by atoms with E-state index >= 15 is 0 Å². The van der Waals surface area contributed by atoms with Crippen LogP contribution in [0.25, 0.3) is 0 Å². The third-order valence-corrected chi connectivity index (χ3v) is 4.85. The van der Waals surface area contributed by atoms with E-state index in [1.165, 1.54) is 6.42 Å². The molecule has 6 heteroatoms. The summed E-state index contributed by atoms with van der Waals surface area (Å²) in [4.78, 5) is 25.6.